The molecule has 6 heteroatoms. The average Bonchev–Trinajstić information content (AvgIpc) is 2.73. The molecule has 2 aromatic carbocycles. The zero-order valence-corrected chi connectivity index (χ0v) is 16.8. The summed E-state index contributed by atoms with van der Waals surface area (Å²) in [6.07, 6.45) is 1.92. The summed E-state index contributed by atoms with van der Waals surface area (Å²) in [5.41, 5.74) is 2.96. The minimum Gasteiger partial charge on any atom is -0.492 e. The van der Waals surface area contributed by atoms with E-state index < -0.39 is 0 Å². The predicted molar refractivity (Wildman–Crippen MR) is 116 cm³/mol. The molecule has 0 saturated carbocycles. The number of ether oxygens (including phenoxy) is 1. The third-order valence-corrected chi connectivity index (χ3v) is 4.29. The summed E-state index contributed by atoms with van der Waals surface area (Å²) in [5, 5.41) is 6.09. The molecule has 2 N–H and O–H groups in total. The van der Waals surface area contributed by atoms with E-state index in [0.717, 1.165) is 25.1 Å². The van der Waals surface area contributed by atoms with E-state index in [1.54, 1.807) is 12.1 Å². The standard InChI is InChI=1S/C23H26N4O2/c1-3-29-21-14-8-7-13-19(21)26-22(28)20-16-17(2)25-23(27-20)24-15-9-12-18-10-5-4-6-11-18/h4-8,10-11,13-14,16H,3,9,12,15H2,1-2H3,(H,26,28)(H,24,25,27). The molecule has 6 nitrogen and oxygen atoms in total. The molecule has 1 heterocycles. The van der Waals surface area contributed by atoms with Gasteiger partial charge >= 0.3 is 0 Å². The third kappa shape index (κ3) is 6.04. The molecule has 0 bridgehead atoms. The smallest absolute Gasteiger partial charge is 0.274 e. The van der Waals surface area contributed by atoms with Gasteiger partial charge in [-0.1, -0.05) is 42.5 Å². The van der Waals surface area contributed by atoms with E-state index in [9.17, 15) is 4.79 Å². The minimum atomic E-state index is -0.296. The van der Waals surface area contributed by atoms with Crippen molar-refractivity contribution in [2.75, 3.05) is 23.8 Å². The lowest BCUT2D eigenvalue weighted by atomic mass is 10.1. The van der Waals surface area contributed by atoms with E-state index >= 15 is 0 Å². The van der Waals surface area contributed by atoms with Crippen LogP contribution in [-0.2, 0) is 6.42 Å². The molecule has 0 spiro atoms. The van der Waals surface area contributed by atoms with Gasteiger partial charge < -0.3 is 15.4 Å². The molecular weight excluding hydrogens is 364 g/mol. The molecule has 0 aliphatic carbocycles. The SMILES string of the molecule is CCOc1ccccc1NC(=O)c1cc(C)nc(NCCCc2ccccc2)n1. The molecule has 0 aliphatic rings. The van der Waals surface area contributed by atoms with Crippen LogP contribution in [0.4, 0.5) is 11.6 Å². The second-order valence-corrected chi connectivity index (χ2v) is 6.62. The van der Waals surface area contributed by atoms with Gasteiger partial charge in [0.2, 0.25) is 5.95 Å². The second-order valence-electron chi connectivity index (χ2n) is 6.62. The van der Waals surface area contributed by atoms with Gasteiger partial charge in [-0.05, 0) is 50.5 Å². The summed E-state index contributed by atoms with van der Waals surface area (Å²) in [7, 11) is 0. The molecule has 3 aromatic rings. The first-order valence-electron chi connectivity index (χ1n) is 9.82. The summed E-state index contributed by atoms with van der Waals surface area (Å²) in [4.78, 5) is 21.5. The summed E-state index contributed by atoms with van der Waals surface area (Å²) >= 11 is 0. The van der Waals surface area contributed by atoms with Crippen LogP contribution in [0.25, 0.3) is 0 Å². The summed E-state index contributed by atoms with van der Waals surface area (Å²) in [6.45, 7) is 5.01. The monoisotopic (exact) mass is 390 g/mol. The Hall–Kier alpha value is -3.41. The fraction of sp³-hybridized carbons (Fsp3) is 0.261. The normalized spacial score (nSPS) is 10.4. The Morgan fingerprint density at radius 1 is 1.03 bits per heavy atom. The number of para-hydroxylation sites is 2. The van der Waals surface area contributed by atoms with Crippen molar-refractivity contribution in [3.63, 3.8) is 0 Å². The van der Waals surface area contributed by atoms with Gasteiger partial charge in [0.1, 0.15) is 11.4 Å². The van der Waals surface area contributed by atoms with Crippen molar-refractivity contribution < 1.29 is 9.53 Å². The van der Waals surface area contributed by atoms with Gasteiger partial charge in [-0.2, -0.15) is 0 Å². The predicted octanol–water partition coefficient (Wildman–Crippen LogP) is 4.48. The van der Waals surface area contributed by atoms with Gasteiger partial charge in [0.05, 0.1) is 12.3 Å². The molecule has 0 fully saturated rings. The van der Waals surface area contributed by atoms with Crippen LogP contribution < -0.4 is 15.4 Å². The van der Waals surface area contributed by atoms with Gasteiger partial charge in [-0.3, -0.25) is 4.79 Å². The number of carbonyl (C=O) groups excluding carboxylic acids is 1. The molecule has 0 atom stereocenters. The molecular formula is C23H26N4O2. The van der Waals surface area contributed by atoms with E-state index in [-0.39, 0.29) is 5.91 Å². The lowest BCUT2D eigenvalue weighted by Crippen LogP contribution is -2.17. The highest BCUT2D eigenvalue weighted by Gasteiger charge is 2.13. The van der Waals surface area contributed by atoms with E-state index in [0.29, 0.717) is 29.7 Å². The molecule has 29 heavy (non-hydrogen) atoms. The van der Waals surface area contributed by atoms with Crippen molar-refractivity contribution >= 4 is 17.5 Å². The maximum absolute atomic E-state index is 12.7. The van der Waals surface area contributed by atoms with Gasteiger partial charge in [0, 0.05) is 12.2 Å². The molecule has 0 aliphatic heterocycles. The van der Waals surface area contributed by atoms with Crippen LogP contribution in [0, 0.1) is 6.92 Å². The van der Waals surface area contributed by atoms with E-state index in [4.69, 9.17) is 4.74 Å². The van der Waals surface area contributed by atoms with Crippen molar-refractivity contribution in [2.24, 2.45) is 0 Å². The molecule has 1 amide bonds. The number of nitrogens with one attached hydrogen (secondary N) is 2. The van der Waals surface area contributed by atoms with Crippen molar-refractivity contribution in [2.45, 2.75) is 26.7 Å². The van der Waals surface area contributed by atoms with Gasteiger partial charge in [0.25, 0.3) is 5.91 Å². The quantitative estimate of drug-likeness (QED) is 0.527. The number of hydrogen-bond donors (Lipinski definition) is 2. The average molecular weight is 390 g/mol. The van der Waals surface area contributed by atoms with Crippen molar-refractivity contribution in [1.29, 1.82) is 0 Å². The van der Waals surface area contributed by atoms with Crippen LogP contribution in [0.2, 0.25) is 0 Å². The lowest BCUT2D eigenvalue weighted by molar-refractivity contribution is 0.102. The highest BCUT2D eigenvalue weighted by Crippen LogP contribution is 2.24. The van der Waals surface area contributed by atoms with Gasteiger partial charge in [0.15, 0.2) is 0 Å². The Kier molecular flexibility index (Phi) is 7.16. The summed E-state index contributed by atoms with van der Waals surface area (Å²) in [5.74, 6) is 0.796. The van der Waals surface area contributed by atoms with E-state index in [1.807, 2.05) is 50.2 Å². The number of aryl methyl sites for hydroxylation is 2. The van der Waals surface area contributed by atoms with Crippen LogP contribution in [0.5, 0.6) is 5.75 Å². The number of anilines is 2. The first kappa shape index (κ1) is 20.3. The fourth-order valence-corrected chi connectivity index (χ4v) is 2.94. The van der Waals surface area contributed by atoms with Crippen LogP contribution in [0.15, 0.2) is 60.7 Å². The number of aromatic nitrogens is 2. The number of rotatable bonds is 9. The summed E-state index contributed by atoms with van der Waals surface area (Å²) in [6, 6.07) is 19.4. The van der Waals surface area contributed by atoms with Gasteiger partial charge in [-0.25, -0.2) is 9.97 Å². The topological polar surface area (TPSA) is 76.1 Å². The maximum Gasteiger partial charge on any atom is 0.274 e. The molecule has 0 unspecified atom stereocenters. The number of amides is 1. The molecule has 0 radical (unpaired) electrons. The van der Waals surface area contributed by atoms with Gasteiger partial charge in [-0.15, -0.1) is 0 Å². The molecule has 150 valence electrons. The first-order chi connectivity index (χ1) is 14.2. The lowest BCUT2D eigenvalue weighted by Gasteiger charge is -2.12. The van der Waals surface area contributed by atoms with Crippen LogP contribution in [0.3, 0.4) is 0 Å². The highest BCUT2D eigenvalue weighted by atomic mass is 16.5. The molecule has 0 saturated heterocycles. The first-order valence-corrected chi connectivity index (χ1v) is 9.82. The van der Waals surface area contributed by atoms with Crippen molar-refractivity contribution in [3.05, 3.63) is 77.6 Å². The third-order valence-electron chi connectivity index (χ3n) is 4.29. The highest BCUT2D eigenvalue weighted by molar-refractivity contribution is 6.03. The Balaban J connectivity index is 1.61. The summed E-state index contributed by atoms with van der Waals surface area (Å²) < 4.78 is 5.56. The van der Waals surface area contributed by atoms with E-state index in [2.05, 4.69) is 32.7 Å². The second kappa shape index (κ2) is 10.2. The fourth-order valence-electron chi connectivity index (χ4n) is 2.94. The Bertz CT molecular complexity index is 945. The zero-order valence-electron chi connectivity index (χ0n) is 16.8. The Morgan fingerprint density at radius 3 is 2.59 bits per heavy atom. The Morgan fingerprint density at radius 2 is 1.79 bits per heavy atom. The van der Waals surface area contributed by atoms with Crippen molar-refractivity contribution in [3.8, 4) is 5.75 Å². The number of benzene rings is 2. The number of hydrogen-bond acceptors (Lipinski definition) is 5. The Labute approximate surface area is 171 Å². The van der Waals surface area contributed by atoms with Crippen LogP contribution in [0.1, 0.15) is 35.1 Å². The molecule has 3 rings (SSSR count). The minimum absolute atomic E-state index is 0.296. The van der Waals surface area contributed by atoms with Crippen molar-refractivity contribution in [1.82, 2.24) is 9.97 Å². The molecule has 1 aromatic heterocycles. The zero-order chi connectivity index (χ0) is 20.5. The number of nitrogens with zero attached hydrogens (tertiary/aromatic N) is 2. The largest absolute Gasteiger partial charge is 0.492 e. The number of carbonyl (C=O) groups is 1. The maximum atomic E-state index is 12.7. The van der Waals surface area contributed by atoms with Crippen LogP contribution in [-0.4, -0.2) is 29.0 Å². The van der Waals surface area contributed by atoms with Crippen LogP contribution >= 0.6 is 0 Å². The van der Waals surface area contributed by atoms with E-state index in [1.165, 1.54) is 5.56 Å².